The first kappa shape index (κ1) is 15.3. The van der Waals surface area contributed by atoms with E-state index in [4.69, 9.17) is 5.73 Å². The van der Waals surface area contributed by atoms with Crippen LogP contribution >= 0.6 is 27.7 Å². The van der Waals surface area contributed by atoms with Gasteiger partial charge in [-0.25, -0.2) is 4.98 Å². The topological polar surface area (TPSA) is 71.8 Å². The lowest BCUT2D eigenvalue weighted by Gasteiger charge is -2.13. The van der Waals surface area contributed by atoms with Gasteiger partial charge in [-0.1, -0.05) is 40.7 Å². The minimum Gasteiger partial charge on any atom is -0.327 e. The van der Waals surface area contributed by atoms with Crippen LogP contribution in [0.3, 0.4) is 0 Å². The lowest BCUT2D eigenvalue weighted by atomic mass is 10.1. The van der Waals surface area contributed by atoms with E-state index >= 15 is 0 Å². The van der Waals surface area contributed by atoms with Crippen LogP contribution < -0.4 is 11.3 Å². The maximum Gasteiger partial charge on any atom is 0.251 e. The number of rotatable bonds is 5. The molecule has 1 unspecified atom stereocenters. The third-order valence-corrected chi connectivity index (χ3v) is 4.38. The summed E-state index contributed by atoms with van der Waals surface area (Å²) >= 11 is 4.91. The number of hydrogen-bond acceptors (Lipinski definition) is 4. The Morgan fingerprint density at radius 1 is 1.45 bits per heavy atom. The first-order valence-corrected chi connectivity index (χ1v) is 7.96. The Balaban J connectivity index is 2.29. The van der Waals surface area contributed by atoms with Crippen LogP contribution in [0.1, 0.15) is 18.9 Å². The summed E-state index contributed by atoms with van der Waals surface area (Å²) in [7, 11) is 0. The molecule has 0 amide bonds. The number of aromatic nitrogens is 2. The zero-order valence-corrected chi connectivity index (χ0v) is 13.5. The van der Waals surface area contributed by atoms with Gasteiger partial charge in [-0.2, -0.15) is 0 Å². The second-order valence-electron chi connectivity index (χ2n) is 4.47. The predicted octanol–water partition coefficient (Wildman–Crippen LogP) is 2.96. The normalized spacial score (nSPS) is 12.3. The first-order chi connectivity index (χ1) is 9.58. The average Bonchev–Trinajstić information content (AvgIpc) is 2.41. The summed E-state index contributed by atoms with van der Waals surface area (Å²) in [6.07, 6.45) is 3.25. The minimum absolute atomic E-state index is 0.137. The highest BCUT2D eigenvalue weighted by molar-refractivity contribution is 9.10. The van der Waals surface area contributed by atoms with Gasteiger partial charge in [-0.15, -0.1) is 0 Å². The lowest BCUT2D eigenvalue weighted by Crippen LogP contribution is -2.21. The largest absolute Gasteiger partial charge is 0.327 e. The van der Waals surface area contributed by atoms with E-state index in [1.54, 1.807) is 0 Å². The average molecular weight is 354 g/mol. The van der Waals surface area contributed by atoms with Crippen molar-refractivity contribution in [2.24, 2.45) is 5.73 Å². The van der Waals surface area contributed by atoms with Crippen molar-refractivity contribution in [3.05, 3.63) is 50.9 Å². The highest BCUT2D eigenvalue weighted by atomic mass is 79.9. The molecule has 0 saturated carbocycles. The van der Waals surface area contributed by atoms with Crippen molar-refractivity contribution in [3.63, 3.8) is 0 Å². The van der Waals surface area contributed by atoms with Gasteiger partial charge >= 0.3 is 0 Å². The van der Waals surface area contributed by atoms with Gasteiger partial charge in [0, 0.05) is 27.7 Å². The van der Waals surface area contributed by atoms with Gasteiger partial charge in [0.1, 0.15) is 0 Å². The van der Waals surface area contributed by atoms with Gasteiger partial charge in [-0.05, 0) is 30.5 Å². The molecule has 20 heavy (non-hydrogen) atoms. The van der Waals surface area contributed by atoms with Gasteiger partial charge in [0.05, 0.1) is 0 Å². The Labute approximate surface area is 130 Å². The molecule has 0 aliphatic rings. The second-order valence-corrected chi connectivity index (χ2v) is 6.41. The van der Waals surface area contributed by atoms with E-state index in [-0.39, 0.29) is 11.6 Å². The van der Waals surface area contributed by atoms with Gasteiger partial charge in [0.15, 0.2) is 5.16 Å². The number of nitrogens with two attached hydrogens (primary N) is 1. The third-order valence-electron chi connectivity index (χ3n) is 2.89. The molecular formula is C14H16BrN3OS. The Kier molecular flexibility index (Phi) is 5.39. The number of benzene rings is 1. The molecule has 0 spiro atoms. The van der Waals surface area contributed by atoms with E-state index in [2.05, 4.69) is 38.9 Å². The molecule has 2 rings (SSSR count). The Morgan fingerprint density at radius 2 is 2.25 bits per heavy atom. The summed E-state index contributed by atoms with van der Waals surface area (Å²) in [4.78, 5) is 19.3. The van der Waals surface area contributed by atoms with Crippen LogP contribution in [-0.2, 0) is 6.42 Å². The highest BCUT2D eigenvalue weighted by Crippen LogP contribution is 2.30. The van der Waals surface area contributed by atoms with Crippen molar-refractivity contribution in [1.82, 2.24) is 9.97 Å². The van der Waals surface area contributed by atoms with Crippen LogP contribution in [0.25, 0.3) is 0 Å². The van der Waals surface area contributed by atoms with E-state index in [1.165, 1.54) is 29.6 Å². The molecule has 1 aromatic carbocycles. The number of halogens is 1. The molecule has 3 N–H and O–H groups in total. The summed E-state index contributed by atoms with van der Waals surface area (Å²) in [6.45, 7) is 2.08. The summed E-state index contributed by atoms with van der Waals surface area (Å²) in [6, 6.07) is 7.62. The molecule has 0 aliphatic carbocycles. The fourth-order valence-corrected chi connectivity index (χ4v) is 3.18. The summed E-state index contributed by atoms with van der Waals surface area (Å²) in [5, 5.41) is 0.585. The van der Waals surface area contributed by atoms with Crippen molar-refractivity contribution < 1.29 is 0 Å². The Morgan fingerprint density at radius 3 is 2.95 bits per heavy atom. The van der Waals surface area contributed by atoms with Crippen molar-refractivity contribution in [2.45, 2.75) is 35.9 Å². The standard InChI is InChI=1S/C14H16BrN3OS/c1-2-11(16)7-9-3-4-10(15)8-12(9)20-14-17-6-5-13(19)18-14/h3-6,8,11H,2,7,16H2,1H3,(H,17,18,19). The molecule has 0 saturated heterocycles. The van der Waals surface area contributed by atoms with Crippen LogP contribution in [-0.4, -0.2) is 16.0 Å². The summed E-state index contributed by atoms with van der Waals surface area (Å²) in [5.41, 5.74) is 7.05. The van der Waals surface area contributed by atoms with Crippen molar-refractivity contribution in [2.75, 3.05) is 0 Å². The van der Waals surface area contributed by atoms with Crippen molar-refractivity contribution in [3.8, 4) is 0 Å². The molecule has 4 nitrogen and oxygen atoms in total. The molecule has 0 bridgehead atoms. The fourth-order valence-electron chi connectivity index (χ4n) is 1.73. The van der Waals surface area contributed by atoms with Gasteiger partial charge in [0.25, 0.3) is 5.56 Å². The molecule has 1 atom stereocenters. The van der Waals surface area contributed by atoms with Crippen LogP contribution in [0.4, 0.5) is 0 Å². The maximum atomic E-state index is 11.3. The van der Waals surface area contributed by atoms with E-state index in [9.17, 15) is 4.79 Å². The van der Waals surface area contributed by atoms with Crippen molar-refractivity contribution in [1.29, 1.82) is 0 Å². The molecular weight excluding hydrogens is 338 g/mol. The van der Waals surface area contributed by atoms with E-state index in [0.717, 1.165) is 22.2 Å². The number of hydrogen-bond donors (Lipinski definition) is 2. The number of nitrogens with one attached hydrogen (secondary N) is 1. The molecule has 6 heteroatoms. The molecule has 0 aliphatic heterocycles. The Bertz CT molecular complexity index is 644. The number of aromatic amines is 1. The van der Waals surface area contributed by atoms with Gasteiger partial charge in [-0.3, -0.25) is 4.79 Å². The molecule has 0 radical (unpaired) electrons. The number of nitrogens with zero attached hydrogens (tertiary/aromatic N) is 1. The maximum absolute atomic E-state index is 11.3. The van der Waals surface area contributed by atoms with Crippen LogP contribution in [0.2, 0.25) is 0 Å². The smallest absolute Gasteiger partial charge is 0.251 e. The molecule has 0 fully saturated rings. The monoisotopic (exact) mass is 353 g/mol. The molecule has 2 aromatic rings. The van der Waals surface area contributed by atoms with Gasteiger partial charge < -0.3 is 10.7 Å². The molecule has 1 heterocycles. The second kappa shape index (κ2) is 7.06. The Hall–Kier alpha value is -1.11. The summed E-state index contributed by atoms with van der Waals surface area (Å²) in [5.74, 6) is 0. The van der Waals surface area contributed by atoms with E-state index in [1.807, 2.05) is 12.1 Å². The zero-order valence-electron chi connectivity index (χ0n) is 11.1. The van der Waals surface area contributed by atoms with Gasteiger partial charge in [0.2, 0.25) is 0 Å². The highest BCUT2D eigenvalue weighted by Gasteiger charge is 2.10. The molecule has 106 valence electrons. The predicted molar refractivity (Wildman–Crippen MR) is 85.1 cm³/mol. The molecule has 1 aromatic heterocycles. The third kappa shape index (κ3) is 4.19. The van der Waals surface area contributed by atoms with E-state index in [0.29, 0.717) is 5.16 Å². The minimum atomic E-state index is -0.149. The first-order valence-electron chi connectivity index (χ1n) is 6.35. The quantitative estimate of drug-likeness (QED) is 0.810. The van der Waals surface area contributed by atoms with Crippen LogP contribution in [0.5, 0.6) is 0 Å². The zero-order chi connectivity index (χ0) is 14.5. The number of H-pyrrole nitrogens is 1. The lowest BCUT2D eigenvalue weighted by molar-refractivity contribution is 0.641. The SMILES string of the molecule is CCC(N)Cc1ccc(Br)cc1Sc1nccc(=O)[nH]1. The summed E-state index contributed by atoms with van der Waals surface area (Å²) < 4.78 is 0.993. The van der Waals surface area contributed by atoms with E-state index < -0.39 is 0 Å². The fraction of sp³-hybridized carbons (Fsp3) is 0.286. The van der Waals surface area contributed by atoms with Crippen LogP contribution in [0, 0.1) is 0 Å². The van der Waals surface area contributed by atoms with Crippen molar-refractivity contribution >= 4 is 27.7 Å². The van der Waals surface area contributed by atoms with Crippen LogP contribution in [0.15, 0.2) is 49.8 Å².